The highest BCUT2D eigenvalue weighted by atomic mass is 16.1. The van der Waals surface area contributed by atoms with Gasteiger partial charge in [0.05, 0.1) is 0 Å². The Bertz CT molecular complexity index is 440. The topological polar surface area (TPSA) is 55.1 Å². The van der Waals surface area contributed by atoms with E-state index < -0.39 is 0 Å². The molecule has 0 aliphatic heterocycles. The molecule has 2 fully saturated rings. The Balaban J connectivity index is 1.64. The van der Waals surface area contributed by atoms with E-state index in [0.717, 1.165) is 23.0 Å². The number of nitrogens with one attached hydrogen (secondary N) is 1. The van der Waals surface area contributed by atoms with Crippen molar-refractivity contribution < 1.29 is 4.79 Å². The van der Waals surface area contributed by atoms with Gasteiger partial charge in [-0.25, -0.2) is 0 Å². The molecule has 2 aliphatic carbocycles. The summed E-state index contributed by atoms with van der Waals surface area (Å²) in [6.45, 7) is 0.522. The van der Waals surface area contributed by atoms with Crippen LogP contribution in [-0.4, -0.2) is 11.9 Å². The van der Waals surface area contributed by atoms with Crippen molar-refractivity contribution in [1.29, 1.82) is 0 Å². The van der Waals surface area contributed by atoms with Gasteiger partial charge in [-0.05, 0) is 48.8 Å². The van der Waals surface area contributed by atoms with Crippen molar-refractivity contribution in [1.82, 2.24) is 5.32 Å². The summed E-state index contributed by atoms with van der Waals surface area (Å²) in [5.74, 6) is 1.65. The monoisotopic (exact) mass is 244 g/mol. The Kier molecular flexibility index (Phi) is 3.08. The van der Waals surface area contributed by atoms with Gasteiger partial charge in [0.2, 0.25) is 0 Å². The van der Waals surface area contributed by atoms with Gasteiger partial charge >= 0.3 is 0 Å². The third-order valence-electron chi connectivity index (χ3n) is 4.51. The predicted molar refractivity (Wildman–Crippen MR) is 71.0 cm³/mol. The van der Waals surface area contributed by atoms with Crippen molar-refractivity contribution in [2.24, 2.45) is 17.6 Å². The predicted octanol–water partition coefficient (Wildman–Crippen LogP) is 2.06. The van der Waals surface area contributed by atoms with Crippen LogP contribution in [0.5, 0.6) is 0 Å². The smallest absolute Gasteiger partial charge is 0.251 e. The van der Waals surface area contributed by atoms with Crippen LogP contribution in [0.25, 0.3) is 0 Å². The second-order valence-corrected chi connectivity index (χ2v) is 5.66. The molecule has 1 aromatic rings. The first-order chi connectivity index (χ1) is 8.76. The van der Waals surface area contributed by atoms with Gasteiger partial charge < -0.3 is 11.1 Å². The van der Waals surface area contributed by atoms with Crippen LogP contribution in [0.1, 0.15) is 41.6 Å². The van der Waals surface area contributed by atoms with Crippen LogP contribution in [0.4, 0.5) is 0 Å². The number of rotatable bonds is 3. The minimum absolute atomic E-state index is 0.0659. The van der Waals surface area contributed by atoms with Gasteiger partial charge in [-0.1, -0.05) is 18.6 Å². The van der Waals surface area contributed by atoms with Crippen molar-refractivity contribution in [3.63, 3.8) is 0 Å². The molecule has 2 saturated carbocycles. The molecule has 3 N–H and O–H groups in total. The van der Waals surface area contributed by atoms with Gasteiger partial charge in [0.1, 0.15) is 0 Å². The number of carbonyl (C=O) groups is 1. The number of nitrogens with two attached hydrogens (primary N) is 1. The van der Waals surface area contributed by atoms with E-state index in [-0.39, 0.29) is 5.91 Å². The zero-order chi connectivity index (χ0) is 12.5. The van der Waals surface area contributed by atoms with Crippen molar-refractivity contribution in [3.05, 3.63) is 35.4 Å². The summed E-state index contributed by atoms with van der Waals surface area (Å²) in [5.41, 5.74) is 7.36. The molecular weight excluding hydrogens is 224 g/mol. The van der Waals surface area contributed by atoms with Crippen molar-refractivity contribution in [2.45, 2.75) is 38.3 Å². The molecule has 3 heteroatoms. The summed E-state index contributed by atoms with van der Waals surface area (Å²) in [4.78, 5) is 12.1. The lowest BCUT2D eigenvalue weighted by Gasteiger charge is -2.22. The molecular formula is C15H20N2O. The van der Waals surface area contributed by atoms with Gasteiger partial charge in [0, 0.05) is 18.2 Å². The summed E-state index contributed by atoms with van der Waals surface area (Å²) >= 11 is 0. The Morgan fingerprint density at radius 3 is 2.56 bits per heavy atom. The third-order valence-corrected chi connectivity index (χ3v) is 4.51. The summed E-state index contributed by atoms with van der Waals surface area (Å²) in [7, 11) is 0. The molecule has 1 amide bonds. The van der Waals surface area contributed by atoms with Crippen LogP contribution in [0.15, 0.2) is 24.3 Å². The standard InChI is InChI=1S/C15H20N2O/c16-9-10-1-4-12(5-2-10)15(18)17-14-8-11-3-6-13(14)7-11/h1-2,4-5,11,13-14H,3,6-9,16H2,(H,17,18). The van der Waals surface area contributed by atoms with Crippen LogP contribution < -0.4 is 11.1 Å². The lowest BCUT2D eigenvalue weighted by atomic mass is 9.95. The summed E-state index contributed by atoms with van der Waals surface area (Å²) in [5, 5.41) is 3.19. The van der Waals surface area contributed by atoms with Crippen molar-refractivity contribution in [3.8, 4) is 0 Å². The molecule has 3 unspecified atom stereocenters. The highest BCUT2D eigenvalue weighted by molar-refractivity contribution is 5.94. The zero-order valence-corrected chi connectivity index (χ0v) is 10.6. The first kappa shape index (κ1) is 11.7. The fourth-order valence-electron chi connectivity index (χ4n) is 3.47. The second-order valence-electron chi connectivity index (χ2n) is 5.66. The molecule has 18 heavy (non-hydrogen) atoms. The van der Waals surface area contributed by atoms with E-state index in [0.29, 0.717) is 12.6 Å². The van der Waals surface area contributed by atoms with Gasteiger partial charge in [0.15, 0.2) is 0 Å². The van der Waals surface area contributed by atoms with E-state index in [2.05, 4.69) is 5.32 Å². The van der Waals surface area contributed by atoms with Crippen molar-refractivity contribution >= 4 is 5.91 Å². The number of carbonyl (C=O) groups excluding carboxylic acids is 1. The summed E-state index contributed by atoms with van der Waals surface area (Å²) < 4.78 is 0. The van der Waals surface area contributed by atoms with E-state index in [1.54, 1.807) is 0 Å². The summed E-state index contributed by atoms with van der Waals surface area (Å²) in [6.07, 6.45) is 5.15. The fraction of sp³-hybridized carbons (Fsp3) is 0.533. The molecule has 0 aromatic heterocycles. The maximum atomic E-state index is 12.1. The molecule has 96 valence electrons. The van der Waals surface area contributed by atoms with E-state index in [9.17, 15) is 4.79 Å². The van der Waals surface area contributed by atoms with Crippen LogP contribution >= 0.6 is 0 Å². The normalized spacial score (nSPS) is 29.5. The highest BCUT2D eigenvalue weighted by Gasteiger charge is 2.40. The molecule has 2 bridgehead atoms. The van der Waals surface area contributed by atoms with Crippen LogP contribution in [0.3, 0.4) is 0 Å². The van der Waals surface area contributed by atoms with E-state index in [1.165, 1.54) is 25.7 Å². The molecule has 0 spiro atoms. The first-order valence-electron chi connectivity index (χ1n) is 6.86. The van der Waals surface area contributed by atoms with Gasteiger partial charge in [-0.3, -0.25) is 4.79 Å². The molecule has 3 atom stereocenters. The van der Waals surface area contributed by atoms with E-state index in [1.807, 2.05) is 24.3 Å². The number of hydrogen-bond acceptors (Lipinski definition) is 2. The number of hydrogen-bond donors (Lipinski definition) is 2. The Morgan fingerprint density at radius 1 is 1.22 bits per heavy atom. The molecule has 3 rings (SSSR count). The second kappa shape index (κ2) is 4.73. The SMILES string of the molecule is NCc1ccc(C(=O)NC2CC3CCC2C3)cc1. The largest absolute Gasteiger partial charge is 0.349 e. The van der Waals surface area contributed by atoms with Gasteiger partial charge in [0.25, 0.3) is 5.91 Å². The Labute approximate surface area is 108 Å². The van der Waals surface area contributed by atoms with E-state index in [4.69, 9.17) is 5.73 Å². The van der Waals surface area contributed by atoms with Crippen LogP contribution in [0, 0.1) is 11.8 Å². The fourth-order valence-corrected chi connectivity index (χ4v) is 3.47. The highest BCUT2D eigenvalue weighted by Crippen LogP contribution is 2.44. The first-order valence-corrected chi connectivity index (χ1v) is 6.86. The van der Waals surface area contributed by atoms with Crippen LogP contribution in [0.2, 0.25) is 0 Å². The lowest BCUT2D eigenvalue weighted by Crippen LogP contribution is -2.38. The molecule has 0 saturated heterocycles. The van der Waals surface area contributed by atoms with Crippen LogP contribution in [-0.2, 0) is 6.54 Å². The van der Waals surface area contributed by atoms with E-state index >= 15 is 0 Å². The number of benzene rings is 1. The zero-order valence-electron chi connectivity index (χ0n) is 10.6. The van der Waals surface area contributed by atoms with Crippen molar-refractivity contribution in [2.75, 3.05) is 0 Å². The lowest BCUT2D eigenvalue weighted by molar-refractivity contribution is 0.0923. The number of fused-ring (bicyclic) bond motifs is 2. The quantitative estimate of drug-likeness (QED) is 0.855. The Morgan fingerprint density at radius 2 is 2.00 bits per heavy atom. The minimum Gasteiger partial charge on any atom is -0.349 e. The molecule has 3 nitrogen and oxygen atoms in total. The maximum Gasteiger partial charge on any atom is 0.251 e. The molecule has 2 aliphatic rings. The average molecular weight is 244 g/mol. The molecule has 1 aromatic carbocycles. The summed E-state index contributed by atoms with van der Waals surface area (Å²) in [6, 6.07) is 7.99. The third kappa shape index (κ3) is 2.15. The Hall–Kier alpha value is -1.35. The molecule has 0 radical (unpaired) electrons. The van der Waals surface area contributed by atoms with Gasteiger partial charge in [-0.15, -0.1) is 0 Å². The number of amides is 1. The van der Waals surface area contributed by atoms with Gasteiger partial charge in [-0.2, -0.15) is 0 Å². The average Bonchev–Trinajstić information content (AvgIpc) is 3.01. The molecule has 0 heterocycles. The maximum absolute atomic E-state index is 12.1. The minimum atomic E-state index is 0.0659.